The van der Waals surface area contributed by atoms with Crippen LogP contribution in [0.3, 0.4) is 0 Å². The van der Waals surface area contributed by atoms with Crippen LogP contribution in [-0.4, -0.2) is 41.6 Å². The highest BCUT2D eigenvalue weighted by Crippen LogP contribution is 2.38. The van der Waals surface area contributed by atoms with Crippen molar-refractivity contribution in [2.45, 2.75) is 39.0 Å². The SMILES string of the molecule is CCC1C(=O)OCc2c1cc1n(c2=O)Cc2cc3c(CN(C)C)c(OC)ccc3nc2-1. The highest BCUT2D eigenvalue weighted by molar-refractivity contribution is 5.89. The van der Waals surface area contributed by atoms with Crippen LogP contribution in [0.1, 0.15) is 41.5 Å². The van der Waals surface area contributed by atoms with Gasteiger partial charge in [0.15, 0.2) is 0 Å². The van der Waals surface area contributed by atoms with E-state index >= 15 is 0 Å². The number of hydrogen-bond acceptors (Lipinski definition) is 6. The van der Waals surface area contributed by atoms with Gasteiger partial charge in [-0.2, -0.15) is 0 Å². The van der Waals surface area contributed by atoms with Gasteiger partial charge in [-0.15, -0.1) is 0 Å². The average molecular weight is 419 g/mol. The summed E-state index contributed by atoms with van der Waals surface area (Å²) in [6.07, 6.45) is 0.598. The monoisotopic (exact) mass is 419 g/mol. The largest absolute Gasteiger partial charge is 0.496 e. The molecule has 5 rings (SSSR count). The van der Waals surface area contributed by atoms with Crippen LogP contribution < -0.4 is 10.3 Å². The van der Waals surface area contributed by atoms with Gasteiger partial charge in [-0.3, -0.25) is 9.59 Å². The molecule has 0 fully saturated rings. The Balaban J connectivity index is 1.72. The predicted molar refractivity (Wildman–Crippen MR) is 117 cm³/mol. The molecular weight excluding hydrogens is 394 g/mol. The lowest BCUT2D eigenvalue weighted by molar-refractivity contribution is -0.148. The van der Waals surface area contributed by atoms with Gasteiger partial charge < -0.3 is 18.9 Å². The Hall–Kier alpha value is -3.19. The maximum atomic E-state index is 13.3. The van der Waals surface area contributed by atoms with Gasteiger partial charge in [-0.05, 0) is 50.3 Å². The molecule has 0 aliphatic carbocycles. The molecule has 2 aliphatic rings. The van der Waals surface area contributed by atoms with Crippen LogP contribution in [0.5, 0.6) is 5.75 Å². The van der Waals surface area contributed by atoms with Crippen LogP contribution >= 0.6 is 0 Å². The number of methoxy groups -OCH3 is 1. The van der Waals surface area contributed by atoms with Crippen LogP contribution in [0, 0.1) is 0 Å². The summed E-state index contributed by atoms with van der Waals surface area (Å²) in [7, 11) is 5.72. The topological polar surface area (TPSA) is 73.7 Å². The normalized spacial score (nSPS) is 16.8. The van der Waals surface area contributed by atoms with Crippen LogP contribution in [0.4, 0.5) is 0 Å². The Bertz CT molecular complexity index is 1290. The van der Waals surface area contributed by atoms with Gasteiger partial charge in [-0.25, -0.2) is 4.98 Å². The number of cyclic esters (lactones) is 1. The van der Waals surface area contributed by atoms with E-state index in [0.29, 0.717) is 18.5 Å². The zero-order valence-corrected chi connectivity index (χ0v) is 18.2. The number of hydrogen-bond donors (Lipinski definition) is 0. The molecule has 0 saturated carbocycles. The number of ether oxygens (including phenoxy) is 2. The molecule has 0 bridgehead atoms. The van der Waals surface area contributed by atoms with Gasteiger partial charge in [0.2, 0.25) is 0 Å². The minimum Gasteiger partial charge on any atom is -0.496 e. The second-order valence-corrected chi connectivity index (χ2v) is 8.47. The molecule has 0 spiro atoms. The molecule has 1 aromatic carbocycles. The molecule has 0 amide bonds. The molecular formula is C24H25N3O4. The second-order valence-electron chi connectivity index (χ2n) is 8.47. The lowest BCUT2D eigenvalue weighted by atomic mass is 9.90. The molecule has 160 valence electrons. The lowest BCUT2D eigenvalue weighted by Crippen LogP contribution is -2.32. The molecule has 0 saturated heterocycles. The second kappa shape index (κ2) is 7.20. The number of aromatic nitrogens is 2. The average Bonchev–Trinajstić information content (AvgIpc) is 3.10. The first-order valence-electron chi connectivity index (χ1n) is 10.5. The van der Waals surface area contributed by atoms with E-state index < -0.39 is 5.92 Å². The first-order chi connectivity index (χ1) is 14.9. The summed E-state index contributed by atoms with van der Waals surface area (Å²) in [5.41, 5.74) is 5.80. The number of esters is 1. The van der Waals surface area contributed by atoms with Crippen molar-refractivity contribution in [3.63, 3.8) is 0 Å². The van der Waals surface area contributed by atoms with Crippen molar-refractivity contribution in [2.75, 3.05) is 21.2 Å². The summed E-state index contributed by atoms with van der Waals surface area (Å²) >= 11 is 0. The first-order valence-corrected chi connectivity index (χ1v) is 10.5. The highest BCUT2D eigenvalue weighted by Gasteiger charge is 2.34. The minimum atomic E-state index is -0.400. The van der Waals surface area contributed by atoms with E-state index in [2.05, 4.69) is 11.0 Å². The fourth-order valence-electron chi connectivity index (χ4n) is 4.78. The number of nitrogens with zero attached hydrogens (tertiary/aromatic N) is 3. The number of carbonyl (C=O) groups excluding carboxylic acids is 1. The molecule has 31 heavy (non-hydrogen) atoms. The molecule has 1 atom stereocenters. The number of carbonyl (C=O) groups is 1. The third-order valence-electron chi connectivity index (χ3n) is 6.27. The van der Waals surface area contributed by atoms with E-state index in [-0.39, 0.29) is 18.1 Å². The van der Waals surface area contributed by atoms with E-state index in [1.54, 1.807) is 11.7 Å². The number of benzene rings is 1. The quantitative estimate of drug-likeness (QED) is 0.474. The Morgan fingerprint density at radius 2 is 2.06 bits per heavy atom. The Morgan fingerprint density at radius 1 is 1.26 bits per heavy atom. The summed E-state index contributed by atoms with van der Waals surface area (Å²) in [6.45, 7) is 3.16. The lowest BCUT2D eigenvalue weighted by Gasteiger charge is -2.24. The van der Waals surface area contributed by atoms with Crippen molar-refractivity contribution in [1.82, 2.24) is 14.5 Å². The molecule has 2 aliphatic heterocycles. The molecule has 1 unspecified atom stereocenters. The summed E-state index contributed by atoms with van der Waals surface area (Å²) in [5, 5.41) is 1.03. The van der Waals surface area contributed by atoms with Crippen molar-refractivity contribution in [3.05, 3.63) is 56.9 Å². The number of fused-ring (bicyclic) bond motifs is 5. The predicted octanol–water partition coefficient (Wildman–Crippen LogP) is 3.05. The standard InChI is InChI=1S/C24H25N3O4/c1-5-14-15-9-20-22-13(10-27(20)23(28)18(15)12-31-24(14)29)8-16-17(11-26(2)3)21(30-4)7-6-19(16)25-22/h6-9,14H,5,10-12H2,1-4H3. The Kier molecular flexibility index (Phi) is 4.59. The van der Waals surface area contributed by atoms with Crippen LogP contribution in [0.15, 0.2) is 29.1 Å². The van der Waals surface area contributed by atoms with Gasteiger partial charge in [0, 0.05) is 23.1 Å². The zero-order valence-electron chi connectivity index (χ0n) is 18.2. The van der Waals surface area contributed by atoms with Crippen molar-refractivity contribution >= 4 is 16.9 Å². The molecule has 7 heteroatoms. The van der Waals surface area contributed by atoms with Crippen LogP contribution in [-0.2, 0) is 29.2 Å². The molecule has 0 N–H and O–H groups in total. The number of rotatable bonds is 4. The summed E-state index contributed by atoms with van der Waals surface area (Å²) in [5.74, 6) is 0.166. The van der Waals surface area contributed by atoms with E-state index in [9.17, 15) is 9.59 Å². The third-order valence-corrected chi connectivity index (χ3v) is 6.27. The zero-order chi connectivity index (χ0) is 21.9. The van der Waals surface area contributed by atoms with Crippen molar-refractivity contribution in [3.8, 4) is 17.1 Å². The van der Waals surface area contributed by atoms with E-state index in [1.165, 1.54) is 0 Å². The molecule has 4 heterocycles. The van der Waals surface area contributed by atoms with Crippen molar-refractivity contribution in [1.29, 1.82) is 0 Å². The van der Waals surface area contributed by atoms with Gasteiger partial charge in [0.05, 0.1) is 42.0 Å². The fraction of sp³-hybridized carbons (Fsp3) is 0.375. The van der Waals surface area contributed by atoms with E-state index in [1.807, 2.05) is 39.2 Å². The summed E-state index contributed by atoms with van der Waals surface area (Å²) in [6, 6.07) is 8.00. The minimum absolute atomic E-state index is 0.0414. The fourth-order valence-corrected chi connectivity index (χ4v) is 4.78. The van der Waals surface area contributed by atoms with Gasteiger partial charge >= 0.3 is 5.97 Å². The van der Waals surface area contributed by atoms with Gasteiger partial charge in [0.1, 0.15) is 12.4 Å². The van der Waals surface area contributed by atoms with Gasteiger partial charge in [0.25, 0.3) is 5.56 Å². The van der Waals surface area contributed by atoms with E-state index in [0.717, 1.165) is 51.3 Å². The highest BCUT2D eigenvalue weighted by atomic mass is 16.5. The summed E-state index contributed by atoms with van der Waals surface area (Å²) < 4.78 is 12.6. The molecule has 2 aromatic heterocycles. The first kappa shape index (κ1) is 19.8. The maximum absolute atomic E-state index is 13.3. The smallest absolute Gasteiger partial charge is 0.313 e. The van der Waals surface area contributed by atoms with Crippen LogP contribution in [0.25, 0.3) is 22.3 Å². The molecule has 7 nitrogen and oxygen atoms in total. The van der Waals surface area contributed by atoms with E-state index in [4.69, 9.17) is 14.5 Å². The maximum Gasteiger partial charge on any atom is 0.313 e. The van der Waals surface area contributed by atoms with Crippen molar-refractivity contribution in [2.24, 2.45) is 0 Å². The third kappa shape index (κ3) is 2.95. The Labute approximate surface area is 180 Å². The van der Waals surface area contributed by atoms with Crippen LogP contribution in [0.2, 0.25) is 0 Å². The Morgan fingerprint density at radius 3 is 2.77 bits per heavy atom. The molecule has 3 aromatic rings. The molecule has 0 radical (unpaired) electrons. The number of pyridine rings is 2. The summed E-state index contributed by atoms with van der Waals surface area (Å²) in [4.78, 5) is 32.6. The van der Waals surface area contributed by atoms with Gasteiger partial charge in [-0.1, -0.05) is 6.92 Å². The van der Waals surface area contributed by atoms with Crippen molar-refractivity contribution < 1.29 is 14.3 Å².